The van der Waals surface area contributed by atoms with Crippen molar-refractivity contribution in [3.05, 3.63) is 0 Å². The summed E-state index contributed by atoms with van der Waals surface area (Å²) in [4.78, 5) is 38.0. The maximum absolute atomic E-state index is 12.8. The highest BCUT2D eigenvalue weighted by molar-refractivity contribution is 5.71. The van der Waals surface area contributed by atoms with Crippen molar-refractivity contribution in [2.24, 2.45) is 11.8 Å². The Morgan fingerprint density at radius 2 is 0.532 bits per heavy atom. The highest BCUT2D eigenvalue weighted by atomic mass is 16.6. The van der Waals surface area contributed by atoms with Crippen molar-refractivity contribution in [3.8, 4) is 0 Å². The van der Waals surface area contributed by atoms with Crippen LogP contribution in [0.1, 0.15) is 311 Å². The summed E-state index contributed by atoms with van der Waals surface area (Å²) in [5.74, 6) is 0.803. The molecule has 0 aromatic heterocycles. The number of ether oxygens (including phenoxy) is 3. The van der Waals surface area contributed by atoms with Crippen LogP contribution in [-0.2, 0) is 28.6 Å². The van der Waals surface area contributed by atoms with Gasteiger partial charge in [-0.05, 0) is 31.1 Å². The zero-order valence-electron chi connectivity index (χ0n) is 42.5. The zero-order chi connectivity index (χ0) is 45.4. The lowest BCUT2D eigenvalue weighted by molar-refractivity contribution is -0.167. The fourth-order valence-corrected chi connectivity index (χ4v) is 8.52. The van der Waals surface area contributed by atoms with E-state index < -0.39 is 6.10 Å². The summed E-state index contributed by atoms with van der Waals surface area (Å²) in [6, 6.07) is 0. The van der Waals surface area contributed by atoms with Gasteiger partial charge in [-0.25, -0.2) is 0 Å². The first kappa shape index (κ1) is 60.4. The predicted molar refractivity (Wildman–Crippen MR) is 266 cm³/mol. The number of rotatable bonds is 50. The van der Waals surface area contributed by atoms with Crippen LogP contribution in [0.2, 0.25) is 0 Å². The van der Waals surface area contributed by atoms with Crippen LogP contribution in [-0.4, -0.2) is 37.2 Å². The Bertz CT molecular complexity index is 947. The van der Waals surface area contributed by atoms with Crippen molar-refractivity contribution >= 4 is 17.9 Å². The Balaban J connectivity index is 4.30. The maximum atomic E-state index is 12.8. The average Bonchev–Trinajstić information content (AvgIpc) is 3.24. The van der Waals surface area contributed by atoms with Gasteiger partial charge in [-0.3, -0.25) is 14.4 Å². The molecule has 6 nitrogen and oxygen atoms in total. The lowest BCUT2D eigenvalue weighted by atomic mass is 10.0. The van der Waals surface area contributed by atoms with Crippen LogP contribution in [0.25, 0.3) is 0 Å². The largest absolute Gasteiger partial charge is 0.462 e. The van der Waals surface area contributed by atoms with E-state index in [1.54, 1.807) is 0 Å². The summed E-state index contributed by atoms with van der Waals surface area (Å²) < 4.78 is 16.9. The lowest BCUT2D eigenvalue weighted by Gasteiger charge is -2.18. The van der Waals surface area contributed by atoms with Crippen molar-refractivity contribution in [1.82, 2.24) is 0 Å². The molecule has 0 saturated heterocycles. The SMILES string of the molecule is CCCCCCCCCCCCCCCCCCC(=O)OC[C@@H](COC(=O)CCCCCCCCCCCC(C)C)OC(=O)CCCCCCCCCCCCCCCC(C)C. The molecule has 0 fully saturated rings. The molecular weight excluding hydrogens is 769 g/mol. The van der Waals surface area contributed by atoms with Crippen molar-refractivity contribution in [3.63, 3.8) is 0 Å². The Kier molecular flexibility index (Phi) is 47.6. The molecule has 1 atom stereocenters. The summed E-state index contributed by atoms with van der Waals surface area (Å²) in [6.07, 6.45) is 50.9. The van der Waals surface area contributed by atoms with Gasteiger partial charge in [-0.1, -0.05) is 272 Å². The topological polar surface area (TPSA) is 78.9 Å². The third-order valence-electron chi connectivity index (χ3n) is 12.7. The molecule has 0 spiro atoms. The maximum Gasteiger partial charge on any atom is 0.306 e. The van der Waals surface area contributed by atoms with E-state index in [4.69, 9.17) is 14.2 Å². The van der Waals surface area contributed by atoms with Crippen LogP contribution in [0, 0.1) is 11.8 Å². The molecule has 0 unspecified atom stereocenters. The first-order valence-electron chi connectivity index (χ1n) is 27.7. The molecule has 0 aliphatic heterocycles. The van der Waals surface area contributed by atoms with E-state index in [2.05, 4.69) is 34.6 Å². The fraction of sp³-hybridized carbons (Fsp3) is 0.946. The summed E-state index contributed by atoms with van der Waals surface area (Å²) in [5.41, 5.74) is 0. The lowest BCUT2D eigenvalue weighted by Crippen LogP contribution is -2.30. The van der Waals surface area contributed by atoms with Gasteiger partial charge in [0.25, 0.3) is 0 Å². The minimum absolute atomic E-state index is 0.0632. The van der Waals surface area contributed by atoms with Crippen molar-refractivity contribution in [2.75, 3.05) is 13.2 Å². The molecule has 0 radical (unpaired) electrons. The molecule has 0 amide bonds. The molecule has 0 aliphatic rings. The highest BCUT2D eigenvalue weighted by Gasteiger charge is 2.19. The smallest absolute Gasteiger partial charge is 0.306 e. The highest BCUT2D eigenvalue weighted by Crippen LogP contribution is 2.18. The molecule has 6 heteroatoms. The summed E-state index contributed by atoms with van der Waals surface area (Å²) in [5, 5.41) is 0. The molecule has 0 rings (SSSR count). The Hall–Kier alpha value is -1.59. The van der Waals surface area contributed by atoms with Crippen molar-refractivity contribution in [1.29, 1.82) is 0 Å². The third-order valence-corrected chi connectivity index (χ3v) is 12.7. The van der Waals surface area contributed by atoms with Gasteiger partial charge in [0.05, 0.1) is 0 Å². The average molecular weight is 877 g/mol. The van der Waals surface area contributed by atoms with Gasteiger partial charge in [0, 0.05) is 19.3 Å². The molecule has 0 heterocycles. The zero-order valence-corrected chi connectivity index (χ0v) is 42.5. The molecule has 0 saturated carbocycles. The van der Waals surface area contributed by atoms with E-state index in [1.807, 2.05) is 0 Å². The summed E-state index contributed by atoms with van der Waals surface area (Å²) in [7, 11) is 0. The number of hydrogen-bond donors (Lipinski definition) is 0. The van der Waals surface area contributed by atoms with Gasteiger partial charge >= 0.3 is 17.9 Å². The number of unbranched alkanes of at least 4 members (excludes halogenated alkanes) is 35. The second-order valence-electron chi connectivity index (χ2n) is 20.2. The quantitative estimate of drug-likeness (QED) is 0.0344. The summed E-state index contributed by atoms with van der Waals surface area (Å²) >= 11 is 0. The Morgan fingerprint density at radius 3 is 0.790 bits per heavy atom. The summed E-state index contributed by atoms with van der Waals surface area (Å²) in [6.45, 7) is 11.4. The van der Waals surface area contributed by atoms with Crippen LogP contribution < -0.4 is 0 Å². The molecule has 0 N–H and O–H groups in total. The molecular formula is C56H108O6. The first-order valence-corrected chi connectivity index (χ1v) is 27.7. The predicted octanol–water partition coefficient (Wildman–Crippen LogP) is 18.1. The monoisotopic (exact) mass is 877 g/mol. The van der Waals surface area contributed by atoms with Crippen LogP contribution in [0.4, 0.5) is 0 Å². The number of esters is 3. The van der Waals surface area contributed by atoms with Crippen LogP contribution in [0.15, 0.2) is 0 Å². The van der Waals surface area contributed by atoms with Crippen molar-refractivity contribution in [2.45, 2.75) is 317 Å². The van der Waals surface area contributed by atoms with Gasteiger partial charge < -0.3 is 14.2 Å². The van der Waals surface area contributed by atoms with Crippen LogP contribution in [0.5, 0.6) is 0 Å². The standard InChI is InChI=1S/C56H108O6/c1-6-7-8-9-10-11-12-13-14-15-18-21-26-31-36-41-46-54(57)60-49-53(50-61-55(58)47-42-37-32-28-23-25-30-35-40-45-52(4)5)62-56(59)48-43-38-33-27-22-19-16-17-20-24-29-34-39-44-51(2)3/h51-53H,6-50H2,1-5H3/t53-/m0/s1. The van der Waals surface area contributed by atoms with E-state index in [1.165, 1.54) is 199 Å². The molecule has 0 aliphatic carbocycles. The van der Waals surface area contributed by atoms with Gasteiger partial charge in [-0.15, -0.1) is 0 Å². The minimum Gasteiger partial charge on any atom is -0.462 e. The van der Waals surface area contributed by atoms with E-state index in [-0.39, 0.29) is 31.1 Å². The normalized spacial score (nSPS) is 12.0. The second-order valence-corrected chi connectivity index (χ2v) is 20.2. The first-order chi connectivity index (χ1) is 30.2. The van der Waals surface area contributed by atoms with Gasteiger partial charge in [0.15, 0.2) is 6.10 Å². The Morgan fingerprint density at radius 1 is 0.306 bits per heavy atom. The van der Waals surface area contributed by atoms with Gasteiger partial charge in [-0.2, -0.15) is 0 Å². The minimum atomic E-state index is -0.762. The van der Waals surface area contributed by atoms with E-state index in [9.17, 15) is 14.4 Å². The number of carbonyl (C=O) groups is 3. The van der Waals surface area contributed by atoms with Gasteiger partial charge in [0.1, 0.15) is 13.2 Å². The van der Waals surface area contributed by atoms with E-state index >= 15 is 0 Å². The van der Waals surface area contributed by atoms with E-state index in [0.717, 1.165) is 69.6 Å². The third kappa shape index (κ3) is 49.4. The van der Waals surface area contributed by atoms with Crippen LogP contribution in [0.3, 0.4) is 0 Å². The van der Waals surface area contributed by atoms with Crippen LogP contribution >= 0.6 is 0 Å². The molecule has 0 bridgehead atoms. The number of hydrogen-bond acceptors (Lipinski definition) is 6. The second kappa shape index (κ2) is 48.9. The molecule has 0 aromatic carbocycles. The Labute approximate surface area is 387 Å². The fourth-order valence-electron chi connectivity index (χ4n) is 8.52. The van der Waals surface area contributed by atoms with Crippen molar-refractivity contribution < 1.29 is 28.6 Å². The van der Waals surface area contributed by atoms with E-state index in [0.29, 0.717) is 19.3 Å². The molecule has 368 valence electrons. The molecule has 0 aromatic rings. The molecule has 62 heavy (non-hydrogen) atoms. The number of carbonyl (C=O) groups excluding carboxylic acids is 3. The van der Waals surface area contributed by atoms with Gasteiger partial charge in [0.2, 0.25) is 0 Å².